The lowest BCUT2D eigenvalue weighted by molar-refractivity contribution is 0.661. The van der Waals surface area contributed by atoms with Gasteiger partial charge in [-0.25, -0.2) is 0 Å². The van der Waals surface area contributed by atoms with Crippen LogP contribution in [0.5, 0.6) is 0 Å². The van der Waals surface area contributed by atoms with Crippen molar-refractivity contribution in [1.29, 1.82) is 0 Å². The average Bonchev–Trinajstić information content (AvgIpc) is 3.70. The van der Waals surface area contributed by atoms with E-state index in [1.54, 1.807) is 0 Å². The highest BCUT2D eigenvalue weighted by Crippen LogP contribution is 2.52. The lowest BCUT2D eigenvalue weighted by Gasteiger charge is -2.26. The van der Waals surface area contributed by atoms with E-state index in [0.29, 0.717) is 0 Å². The maximum Gasteiger partial charge on any atom is 0.0468 e. The minimum Gasteiger partial charge on any atom is -0.310 e. The van der Waals surface area contributed by atoms with Crippen molar-refractivity contribution < 1.29 is 0 Å². The summed E-state index contributed by atoms with van der Waals surface area (Å²) < 4.78 is 0. The van der Waals surface area contributed by atoms with Crippen LogP contribution in [0, 0.1) is 0 Å². The van der Waals surface area contributed by atoms with E-state index >= 15 is 0 Å². The number of benzene rings is 10. The quantitative estimate of drug-likeness (QED) is 0.141. The Morgan fingerprint density at radius 2 is 0.606 bits per heavy atom. The molecule has 0 fully saturated rings. The van der Waals surface area contributed by atoms with Crippen LogP contribution in [-0.2, 0) is 10.8 Å². The summed E-state index contributed by atoms with van der Waals surface area (Å²) in [6.07, 6.45) is 4.59. The molecule has 0 heterocycles. The van der Waals surface area contributed by atoms with E-state index in [1.165, 1.54) is 77.2 Å². The Morgan fingerprint density at radius 3 is 0.955 bits per heavy atom. The molecule has 0 radical (unpaired) electrons. The predicted molar refractivity (Wildman–Crippen MR) is 281 cm³/mol. The van der Waals surface area contributed by atoms with Crippen LogP contribution in [0.3, 0.4) is 0 Å². The predicted octanol–water partition coefficient (Wildman–Crippen LogP) is 17.7. The fourth-order valence-electron chi connectivity index (χ4n) is 10.8. The van der Waals surface area contributed by atoms with Gasteiger partial charge < -0.3 is 9.80 Å². The molecule has 0 aromatic heterocycles. The number of hydrogen-bond donors (Lipinski definition) is 0. The van der Waals surface area contributed by atoms with Gasteiger partial charge in [0.25, 0.3) is 0 Å². The molecule has 10 aromatic carbocycles. The molecule has 12 rings (SSSR count). The van der Waals surface area contributed by atoms with Crippen LogP contribution in [0.25, 0.3) is 56.0 Å². The van der Waals surface area contributed by atoms with E-state index in [9.17, 15) is 0 Å². The standard InChI is InChI=1S/C64H50N2/c1-63(2)59-35-43(27-33-55(59)57-39-45-29-31-53(37-47(45)41-61(57)63)65(49-17-9-5-10-18-49)50-19-11-6-12-20-50)25-26-44-28-34-56-58-40-46-30-32-54(38-48(46)42-62(58)64(3,4)60(56)36-44)66(51-21-13-7-14-22-51)52-23-15-8-16-24-52/h5-42H,1-4H3/b26-25+. The molecule has 0 aliphatic heterocycles. The first-order valence-electron chi connectivity index (χ1n) is 23.2. The van der Waals surface area contributed by atoms with Crippen LogP contribution in [0.1, 0.15) is 61.1 Å². The van der Waals surface area contributed by atoms with Crippen LogP contribution >= 0.6 is 0 Å². The first kappa shape index (κ1) is 39.6. The molecule has 2 aliphatic carbocycles. The molecule has 0 amide bonds. The fourth-order valence-corrected chi connectivity index (χ4v) is 10.8. The lowest BCUT2D eigenvalue weighted by atomic mass is 9.81. The molecule has 0 atom stereocenters. The van der Waals surface area contributed by atoms with Gasteiger partial charge in [-0.05, 0) is 174 Å². The summed E-state index contributed by atoms with van der Waals surface area (Å²) in [5, 5.41) is 5.01. The van der Waals surface area contributed by atoms with E-state index in [2.05, 4.69) is 268 Å². The molecule has 10 aromatic rings. The Hall–Kier alpha value is -7.94. The van der Waals surface area contributed by atoms with Crippen molar-refractivity contribution in [3.05, 3.63) is 252 Å². The van der Waals surface area contributed by atoms with Gasteiger partial charge in [-0.1, -0.05) is 161 Å². The van der Waals surface area contributed by atoms with Gasteiger partial charge in [-0.15, -0.1) is 0 Å². The maximum absolute atomic E-state index is 2.44. The monoisotopic (exact) mass is 846 g/mol. The topological polar surface area (TPSA) is 6.48 Å². The molecule has 2 heteroatoms. The number of hydrogen-bond acceptors (Lipinski definition) is 2. The highest BCUT2D eigenvalue weighted by atomic mass is 15.1. The van der Waals surface area contributed by atoms with Gasteiger partial charge >= 0.3 is 0 Å². The van der Waals surface area contributed by atoms with Crippen molar-refractivity contribution in [2.24, 2.45) is 0 Å². The first-order chi connectivity index (χ1) is 32.2. The third kappa shape index (κ3) is 6.55. The number of nitrogens with zero attached hydrogens (tertiary/aromatic N) is 2. The largest absolute Gasteiger partial charge is 0.310 e. The summed E-state index contributed by atoms with van der Waals surface area (Å²) in [7, 11) is 0. The smallest absolute Gasteiger partial charge is 0.0468 e. The Labute approximate surface area is 388 Å². The Bertz CT molecular complexity index is 3200. The van der Waals surface area contributed by atoms with Gasteiger partial charge in [0, 0.05) is 45.0 Å². The molecule has 0 spiro atoms. The second-order valence-corrected chi connectivity index (χ2v) is 19.1. The van der Waals surface area contributed by atoms with Gasteiger partial charge in [-0.2, -0.15) is 0 Å². The van der Waals surface area contributed by atoms with Crippen LogP contribution in [0.4, 0.5) is 34.1 Å². The normalized spacial score (nSPS) is 13.9. The molecule has 0 N–H and O–H groups in total. The number of fused-ring (bicyclic) bond motifs is 8. The van der Waals surface area contributed by atoms with Crippen molar-refractivity contribution in [3.8, 4) is 22.3 Å². The molecule has 0 saturated carbocycles. The van der Waals surface area contributed by atoms with E-state index < -0.39 is 0 Å². The highest BCUT2D eigenvalue weighted by Gasteiger charge is 2.37. The van der Waals surface area contributed by atoms with Crippen LogP contribution in [0.2, 0.25) is 0 Å². The molecule has 0 saturated heterocycles. The zero-order valence-corrected chi connectivity index (χ0v) is 37.8. The minimum atomic E-state index is -0.147. The van der Waals surface area contributed by atoms with Gasteiger partial charge in [-0.3, -0.25) is 0 Å². The second kappa shape index (κ2) is 15.4. The minimum absolute atomic E-state index is 0.147. The summed E-state index contributed by atoms with van der Waals surface area (Å²) in [5.74, 6) is 0. The molecule has 0 unspecified atom stereocenters. The lowest BCUT2D eigenvalue weighted by Crippen LogP contribution is -2.15. The van der Waals surface area contributed by atoms with Crippen molar-refractivity contribution in [1.82, 2.24) is 0 Å². The second-order valence-electron chi connectivity index (χ2n) is 19.1. The Balaban J connectivity index is 0.837. The summed E-state index contributed by atoms with van der Waals surface area (Å²) in [6.45, 7) is 9.53. The van der Waals surface area contributed by atoms with Crippen LogP contribution in [0.15, 0.2) is 218 Å². The maximum atomic E-state index is 2.44. The van der Waals surface area contributed by atoms with E-state index in [0.717, 1.165) is 34.1 Å². The SMILES string of the molecule is CC1(C)c2cc(/C=C/c3ccc4c(c3)C(C)(C)c3cc5cc(N(c6ccccc6)c6ccccc6)ccc5cc3-4)ccc2-c2cc3ccc(N(c4ccccc4)c4ccccc4)cc3cc21. The van der Waals surface area contributed by atoms with Crippen LogP contribution < -0.4 is 9.80 Å². The van der Waals surface area contributed by atoms with Crippen molar-refractivity contribution in [2.45, 2.75) is 38.5 Å². The summed E-state index contributed by atoms with van der Waals surface area (Å²) in [4.78, 5) is 4.69. The van der Waals surface area contributed by atoms with Gasteiger partial charge in [0.05, 0.1) is 0 Å². The van der Waals surface area contributed by atoms with E-state index in [-0.39, 0.29) is 10.8 Å². The molecular weight excluding hydrogens is 797 g/mol. The average molecular weight is 847 g/mol. The summed E-state index contributed by atoms with van der Waals surface area (Å²) >= 11 is 0. The first-order valence-corrected chi connectivity index (χ1v) is 23.2. The number of rotatable bonds is 8. The molecule has 66 heavy (non-hydrogen) atoms. The molecular formula is C64H50N2. The Kier molecular flexibility index (Phi) is 9.22. The molecule has 316 valence electrons. The zero-order chi connectivity index (χ0) is 44.6. The van der Waals surface area contributed by atoms with Gasteiger partial charge in [0.2, 0.25) is 0 Å². The summed E-state index contributed by atoms with van der Waals surface area (Å²) in [6, 6.07) is 80.2. The molecule has 0 bridgehead atoms. The van der Waals surface area contributed by atoms with Gasteiger partial charge in [0.1, 0.15) is 0 Å². The Morgan fingerprint density at radius 1 is 0.273 bits per heavy atom. The molecule has 2 nitrogen and oxygen atoms in total. The third-order valence-corrected chi connectivity index (χ3v) is 14.3. The molecule has 2 aliphatic rings. The fraction of sp³-hybridized carbons (Fsp3) is 0.0938. The van der Waals surface area contributed by atoms with Crippen molar-refractivity contribution in [3.63, 3.8) is 0 Å². The number of para-hydroxylation sites is 4. The third-order valence-electron chi connectivity index (χ3n) is 14.3. The van der Waals surface area contributed by atoms with Crippen LogP contribution in [-0.4, -0.2) is 0 Å². The van der Waals surface area contributed by atoms with Crippen molar-refractivity contribution >= 4 is 67.8 Å². The van der Waals surface area contributed by atoms with E-state index in [1.807, 2.05) is 0 Å². The highest BCUT2D eigenvalue weighted by molar-refractivity contribution is 5.98. The van der Waals surface area contributed by atoms with E-state index in [4.69, 9.17) is 0 Å². The van der Waals surface area contributed by atoms with Crippen molar-refractivity contribution in [2.75, 3.05) is 9.80 Å². The van der Waals surface area contributed by atoms with Gasteiger partial charge in [0.15, 0.2) is 0 Å². The zero-order valence-electron chi connectivity index (χ0n) is 37.8. The summed E-state index contributed by atoms with van der Waals surface area (Å²) in [5.41, 5.74) is 19.9. The number of anilines is 6.